The van der Waals surface area contributed by atoms with E-state index in [-0.39, 0.29) is 17.3 Å². The molecule has 0 unspecified atom stereocenters. The van der Waals surface area contributed by atoms with Crippen molar-refractivity contribution in [2.75, 3.05) is 24.9 Å². The molecule has 11 heteroatoms. The van der Waals surface area contributed by atoms with E-state index in [2.05, 4.69) is 25.6 Å². The molecule has 0 amide bonds. The first-order valence-corrected chi connectivity index (χ1v) is 8.69. The maximum absolute atomic E-state index is 11.8. The van der Waals surface area contributed by atoms with E-state index < -0.39 is 4.92 Å². The van der Waals surface area contributed by atoms with Gasteiger partial charge in [0.05, 0.1) is 29.9 Å². The normalized spacial score (nSPS) is 10.3. The standard InChI is InChI=1S/C18H17ClN6O4/c1-10-5-4-6-15(22-10)24-18-16(25(26)27)17(20-9-21-18)23-12-7-11(19)13(28-2)8-14(12)29-3/h4-9H,1-3H3,(H2,20,21,22,23,24). The Morgan fingerprint density at radius 2 is 1.76 bits per heavy atom. The van der Waals surface area contributed by atoms with E-state index in [1.807, 2.05) is 13.0 Å². The maximum atomic E-state index is 11.8. The van der Waals surface area contributed by atoms with Crippen LogP contribution in [0.2, 0.25) is 5.02 Å². The number of methoxy groups -OCH3 is 2. The predicted molar refractivity (Wildman–Crippen MR) is 109 cm³/mol. The third kappa shape index (κ3) is 4.43. The van der Waals surface area contributed by atoms with Gasteiger partial charge in [-0.3, -0.25) is 10.1 Å². The van der Waals surface area contributed by atoms with Crippen molar-refractivity contribution in [1.29, 1.82) is 0 Å². The van der Waals surface area contributed by atoms with Crippen LogP contribution in [0.1, 0.15) is 5.69 Å². The molecule has 0 saturated carbocycles. The molecule has 3 aromatic rings. The highest BCUT2D eigenvalue weighted by molar-refractivity contribution is 6.32. The second-order valence-corrected chi connectivity index (χ2v) is 6.19. The molecule has 10 nitrogen and oxygen atoms in total. The zero-order chi connectivity index (χ0) is 21.0. The average Bonchev–Trinajstić information content (AvgIpc) is 2.68. The van der Waals surface area contributed by atoms with E-state index >= 15 is 0 Å². The van der Waals surface area contributed by atoms with Crippen LogP contribution < -0.4 is 20.1 Å². The van der Waals surface area contributed by atoms with E-state index in [0.717, 1.165) is 5.69 Å². The number of hydrogen-bond acceptors (Lipinski definition) is 9. The fourth-order valence-electron chi connectivity index (χ4n) is 2.55. The number of aryl methyl sites for hydroxylation is 1. The second-order valence-electron chi connectivity index (χ2n) is 5.78. The minimum atomic E-state index is -0.585. The number of nitro groups is 1. The second kappa shape index (κ2) is 8.57. The van der Waals surface area contributed by atoms with Gasteiger partial charge in [0.2, 0.25) is 11.6 Å². The van der Waals surface area contributed by atoms with Crippen molar-refractivity contribution in [1.82, 2.24) is 15.0 Å². The molecular weight excluding hydrogens is 400 g/mol. The van der Waals surface area contributed by atoms with Crippen LogP contribution in [0.25, 0.3) is 0 Å². The Labute approximate surface area is 171 Å². The number of rotatable bonds is 7. The summed E-state index contributed by atoms with van der Waals surface area (Å²) in [5.41, 5.74) is 0.771. The molecule has 0 aliphatic heterocycles. The molecule has 150 valence electrons. The number of benzene rings is 1. The molecule has 0 saturated heterocycles. The smallest absolute Gasteiger partial charge is 0.353 e. The molecule has 2 aromatic heterocycles. The third-order valence-corrected chi connectivity index (χ3v) is 4.16. The first-order valence-electron chi connectivity index (χ1n) is 8.31. The Morgan fingerprint density at radius 1 is 1.07 bits per heavy atom. The van der Waals surface area contributed by atoms with E-state index in [9.17, 15) is 10.1 Å². The topological polar surface area (TPSA) is 124 Å². The van der Waals surface area contributed by atoms with Gasteiger partial charge in [-0.25, -0.2) is 15.0 Å². The summed E-state index contributed by atoms with van der Waals surface area (Å²) in [6.45, 7) is 1.81. The van der Waals surface area contributed by atoms with E-state index in [4.69, 9.17) is 21.1 Å². The summed E-state index contributed by atoms with van der Waals surface area (Å²) >= 11 is 6.17. The van der Waals surface area contributed by atoms with Crippen LogP contribution >= 0.6 is 11.6 Å². The Kier molecular flexibility index (Phi) is 5.93. The minimum absolute atomic E-state index is 0.0100. The lowest BCUT2D eigenvalue weighted by atomic mass is 10.2. The lowest BCUT2D eigenvalue weighted by Crippen LogP contribution is -2.07. The summed E-state index contributed by atoms with van der Waals surface area (Å²) in [7, 11) is 2.93. The Bertz CT molecular complexity index is 1060. The molecule has 2 heterocycles. The number of nitrogens with zero attached hydrogens (tertiary/aromatic N) is 4. The Balaban J connectivity index is 2.02. The molecule has 2 N–H and O–H groups in total. The molecule has 0 spiro atoms. The number of anilines is 4. The molecule has 1 aromatic carbocycles. The van der Waals surface area contributed by atoms with E-state index in [1.165, 1.54) is 26.6 Å². The van der Waals surface area contributed by atoms with Gasteiger partial charge in [-0.05, 0) is 25.1 Å². The molecular formula is C18H17ClN6O4. The van der Waals surface area contributed by atoms with Gasteiger partial charge in [0.15, 0.2) is 0 Å². The summed E-state index contributed by atoms with van der Waals surface area (Å²) in [5, 5.41) is 17.8. The van der Waals surface area contributed by atoms with Crippen molar-refractivity contribution in [2.45, 2.75) is 6.92 Å². The fourth-order valence-corrected chi connectivity index (χ4v) is 2.79. The summed E-state index contributed by atoms with van der Waals surface area (Å²) in [6, 6.07) is 8.36. The molecule has 29 heavy (non-hydrogen) atoms. The van der Waals surface area contributed by atoms with Crippen LogP contribution in [0.5, 0.6) is 11.5 Å². The van der Waals surface area contributed by atoms with Crippen LogP contribution in [0.3, 0.4) is 0 Å². The predicted octanol–water partition coefficient (Wildman–Crippen LogP) is 4.25. The number of hydrogen-bond donors (Lipinski definition) is 2. The van der Waals surface area contributed by atoms with Gasteiger partial charge in [-0.2, -0.15) is 0 Å². The lowest BCUT2D eigenvalue weighted by molar-refractivity contribution is -0.383. The summed E-state index contributed by atoms with van der Waals surface area (Å²) < 4.78 is 10.5. The van der Waals surface area contributed by atoms with Crippen molar-refractivity contribution >= 4 is 40.4 Å². The number of pyridine rings is 1. The number of aromatic nitrogens is 3. The van der Waals surface area contributed by atoms with Crippen LogP contribution in [-0.2, 0) is 0 Å². The van der Waals surface area contributed by atoms with E-state index in [1.54, 1.807) is 18.2 Å². The highest BCUT2D eigenvalue weighted by Gasteiger charge is 2.25. The van der Waals surface area contributed by atoms with Gasteiger partial charge in [0.1, 0.15) is 23.6 Å². The molecule has 0 aliphatic carbocycles. The highest BCUT2D eigenvalue weighted by atomic mass is 35.5. The number of ether oxygens (including phenoxy) is 2. The Hall–Kier alpha value is -3.66. The molecule has 0 atom stereocenters. The molecule has 0 aliphatic rings. The highest BCUT2D eigenvalue weighted by Crippen LogP contribution is 2.39. The van der Waals surface area contributed by atoms with Crippen LogP contribution in [0.15, 0.2) is 36.7 Å². The Morgan fingerprint density at radius 3 is 2.38 bits per heavy atom. The number of nitrogens with one attached hydrogen (secondary N) is 2. The zero-order valence-corrected chi connectivity index (χ0v) is 16.5. The third-order valence-electron chi connectivity index (χ3n) is 3.87. The van der Waals surface area contributed by atoms with Crippen molar-refractivity contribution in [3.63, 3.8) is 0 Å². The summed E-state index contributed by atoms with van der Waals surface area (Å²) in [4.78, 5) is 23.5. The van der Waals surface area contributed by atoms with Gasteiger partial charge < -0.3 is 20.1 Å². The molecule has 0 bridgehead atoms. The summed E-state index contributed by atoms with van der Waals surface area (Å²) in [5.74, 6) is 1.14. The SMILES string of the molecule is COc1cc(OC)c(Nc2ncnc(Nc3cccc(C)n3)c2[N+](=O)[O-])cc1Cl. The maximum Gasteiger partial charge on any atom is 0.353 e. The van der Waals surface area contributed by atoms with Crippen LogP contribution in [0.4, 0.5) is 28.8 Å². The van der Waals surface area contributed by atoms with Crippen LogP contribution in [0, 0.1) is 17.0 Å². The first-order chi connectivity index (χ1) is 13.9. The average molecular weight is 417 g/mol. The first kappa shape index (κ1) is 20.1. The lowest BCUT2D eigenvalue weighted by Gasteiger charge is -2.14. The van der Waals surface area contributed by atoms with Crippen molar-refractivity contribution < 1.29 is 14.4 Å². The van der Waals surface area contributed by atoms with Gasteiger partial charge in [-0.15, -0.1) is 0 Å². The monoisotopic (exact) mass is 416 g/mol. The van der Waals surface area contributed by atoms with Crippen molar-refractivity contribution in [3.8, 4) is 11.5 Å². The van der Waals surface area contributed by atoms with Gasteiger partial charge in [0.25, 0.3) is 0 Å². The quantitative estimate of drug-likeness (QED) is 0.429. The van der Waals surface area contributed by atoms with Gasteiger partial charge >= 0.3 is 5.69 Å². The molecule has 0 radical (unpaired) electrons. The number of halogens is 1. The zero-order valence-electron chi connectivity index (χ0n) is 15.8. The van der Waals surface area contributed by atoms with Crippen molar-refractivity contribution in [2.24, 2.45) is 0 Å². The van der Waals surface area contributed by atoms with Gasteiger partial charge in [0, 0.05) is 11.8 Å². The van der Waals surface area contributed by atoms with Crippen LogP contribution in [-0.4, -0.2) is 34.1 Å². The summed E-state index contributed by atoms with van der Waals surface area (Å²) in [6.07, 6.45) is 1.20. The largest absolute Gasteiger partial charge is 0.495 e. The molecule has 3 rings (SSSR count). The van der Waals surface area contributed by atoms with E-state index in [0.29, 0.717) is 28.0 Å². The van der Waals surface area contributed by atoms with Crippen molar-refractivity contribution in [3.05, 3.63) is 57.5 Å². The fraction of sp³-hybridized carbons (Fsp3) is 0.167. The molecule has 0 fully saturated rings. The van der Waals surface area contributed by atoms with Gasteiger partial charge in [-0.1, -0.05) is 17.7 Å². The minimum Gasteiger partial charge on any atom is -0.495 e.